The molecule has 17 atom stereocenters. The Morgan fingerprint density at radius 3 is 2.39 bits per heavy atom. The molecule has 7 fully saturated rings. The summed E-state index contributed by atoms with van der Waals surface area (Å²) < 4.78 is 27.8. The molecule has 8 heteroatoms. The number of aliphatic hydroxyl groups is 1. The van der Waals surface area contributed by atoms with Gasteiger partial charge in [-0.15, -0.1) is 0 Å². The third-order valence-corrected chi connectivity index (χ3v) is 14.1. The molecule has 0 radical (unpaired) electrons. The molecule has 2 saturated carbocycles. The van der Waals surface area contributed by atoms with E-state index in [4.69, 9.17) is 23.8 Å². The van der Waals surface area contributed by atoms with Gasteiger partial charge in [0.25, 0.3) is 0 Å². The van der Waals surface area contributed by atoms with E-state index < -0.39 is 24.0 Å². The SMILES string of the molecule is CC1CCC2C(C)C3CC4C(C)C(CC(=NOC(=O)c5ccccc5)C5OC6OC3CCC3C(C)CCC(C5C)C63O)OC(O1)C42. The molecule has 17 unspecified atom stereocenters. The molecule has 8 rings (SSSR count). The van der Waals surface area contributed by atoms with Crippen molar-refractivity contribution in [2.75, 3.05) is 0 Å². The molecule has 8 nitrogen and oxygen atoms in total. The second-order valence-electron chi connectivity index (χ2n) is 16.3. The van der Waals surface area contributed by atoms with Crippen LogP contribution >= 0.6 is 0 Å². The van der Waals surface area contributed by atoms with Gasteiger partial charge in [0.05, 0.1) is 29.6 Å². The molecule has 7 aliphatic rings. The third kappa shape index (κ3) is 4.95. The molecule has 1 aromatic rings. The molecule has 252 valence electrons. The van der Waals surface area contributed by atoms with Crippen molar-refractivity contribution in [3.8, 4) is 0 Å². The number of ether oxygens (including phenoxy) is 4. The Balaban J connectivity index is 1.24. The summed E-state index contributed by atoms with van der Waals surface area (Å²) in [5, 5.41) is 17.4. The molecule has 0 aromatic heterocycles. The molecule has 0 spiro atoms. The largest absolute Gasteiger partial charge is 0.384 e. The molecule has 1 N–H and O–H groups in total. The number of nitrogens with zero attached hydrogens (tertiary/aromatic N) is 1. The predicted octanol–water partition coefficient (Wildman–Crippen LogP) is 6.60. The van der Waals surface area contributed by atoms with Crippen LogP contribution in [0.4, 0.5) is 0 Å². The Bertz CT molecular complexity index is 1320. The molecular formula is C38H53NO7. The Labute approximate surface area is 273 Å². The highest BCUT2D eigenvalue weighted by molar-refractivity contribution is 5.92. The van der Waals surface area contributed by atoms with Gasteiger partial charge in [0.2, 0.25) is 0 Å². The number of carbonyl (C=O) groups excluding carboxylic acids is 1. The highest BCUT2D eigenvalue weighted by Gasteiger charge is 2.65. The van der Waals surface area contributed by atoms with Crippen molar-refractivity contribution in [3.63, 3.8) is 0 Å². The number of rotatable bonds is 2. The van der Waals surface area contributed by atoms with E-state index in [-0.39, 0.29) is 48.3 Å². The van der Waals surface area contributed by atoms with Crippen LogP contribution in [-0.4, -0.2) is 59.4 Å². The maximum atomic E-state index is 13.2. The van der Waals surface area contributed by atoms with Gasteiger partial charge < -0.3 is 28.9 Å². The van der Waals surface area contributed by atoms with Crippen molar-refractivity contribution in [3.05, 3.63) is 35.9 Å². The van der Waals surface area contributed by atoms with Gasteiger partial charge in [0, 0.05) is 12.3 Å². The van der Waals surface area contributed by atoms with Crippen molar-refractivity contribution in [1.29, 1.82) is 0 Å². The van der Waals surface area contributed by atoms with Gasteiger partial charge in [-0.25, -0.2) is 4.79 Å². The monoisotopic (exact) mass is 635 g/mol. The van der Waals surface area contributed by atoms with Crippen molar-refractivity contribution in [1.82, 2.24) is 0 Å². The van der Waals surface area contributed by atoms with E-state index in [9.17, 15) is 9.90 Å². The van der Waals surface area contributed by atoms with E-state index in [2.05, 4.69) is 39.8 Å². The first-order valence-electron chi connectivity index (χ1n) is 18.3. The number of benzene rings is 1. The summed E-state index contributed by atoms with van der Waals surface area (Å²) in [4.78, 5) is 18.9. The van der Waals surface area contributed by atoms with Crippen molar-refractivity contribution in [2.24, 2.45) is 64.3 Å². The lowest BCUT2D eigenvalue weighted by Gasteiger charge is -2.59. The summed E-state index contributed by atoms with van der Waals surface area (Å²) >= 11 is 0. The highest BCUT2D eigenvalue weighted by atomic mass is 16.7. The minimum atomic E-state index is -1.06. The van der Waals surface area contributed by atoms with Gasteiger partial charge >= 0.3 is 5.97 Å². The number of hydrogen-bond donors (Lipinski definition) is 1. The van der Waals surface area contributed by atoms with Gasteiger partial charge in [0.1, 0.15) is 11.7 Å². The lowest BCUT2D eigenvalue weighted by molar-refractivity contribution is -0.343. The van der Waals surface area contributed by atoms with E-state index in [1.165, 1.54) is 0 Å². The van der Waals surface area contributed by atoms with Crippen LogP contribution in [0.1, 0.15) is 96.3 Å². The topological polar surface area (TPSA) is 95.8 Å². The molecule has 5 aliphatic heterocycles. The van der Waals surface area contributed by atoms with E-state index >= 15 is 0 Å². The first-order chi connectivity index (χ1) is 22.1. The van der Waals surface area contributed by atoms with Gasteiger partial charge in [-0.1, -0.05) is 51.0 Å². The van der Waals surface area contributed by atoms with Crippen LogP contribution in [0.15, 0.2) is 35.5 Å². The molecule has 5 saturated heterocycles. The zero-order chi connectivity index (χ0) is 31.9. The van der Waals surface area contributed by atoms with E-state index in [0.717, 1.165) is 44.9 Å². The third-order valence-electron chi connectivity index (χ3n) is 14.1. The number of fused-ring (bicyclic) bond motifs is 5. The molecule has 2 aliphatic carbocycles. The first kappa shape index (κ1) is 31.4. The predicted molar refractivity (Wildman–Crippen MR) is 172 cm³/mol. The fourth-order valence-electron chi connectivity index (χ4n) is 11.6. The van der Waals surface area contributed by atoms with Crippen LogP contribution in [0, 0.1) is 59.2 Å². The Hall–Kier alpha value is -1.84. The second kappa shape index (κ2) is 11.9. The normalized spacial score (nSPS) is 52.2. The Kier molecular flexibility index (Phi) is 8.16. The Morgan fingerprint density at radius 2 is 1.59 bits per heavy atom. The zero-order valence-corrected chi connectivity index (χ0v) is 28.1. The molecule has 5 heterocycles. The van der Waals surface area contributed by atoms with Crippen LogP contribution in [0.25, 0.3) is 0 Å². The van der Waals surface area contributed by atoms with Gasteiger partial charge in [0.15, 0.2) is 12.6 Å². The highest BCUT2D eigenvalue weighted by Crippen LogP contribution is 2.60. The van der Waals surface area contributed by atoms with Crippen LogP contribution in [0.5, 0.6) is 0 Å². The molecule has 6 bridgehead atoms. The number of oxime groups is 1. The lowest BCUT2D eigenvalue weighted by Crippen LogP contribution is -2.68. The van der Waals surface area contributed by atoms with Crippen LogP contribution in [0.3, 0.4) is 0 Å². The van der Waals surface area contributed by atoms with Crippen LogP contribution in [0.2, 0.25) is 0 Å². The summed E-state index contributed by atoms with van der Waals surface area (Å²) in [5.74, 6) is 2.36. The number of hydrogen-bond acceptors (Lipinski definition) is 8. The fraction of sp³-hybridized carbons (Fsp3) is 0.789. The van der Waals surface area contributed by atoms with Gasteiger partial charge in [-0.3, -0.25) is 0 Å². The minimum Gasteiger partial charge on any atom is -0.384 e. The average Bonchev–Trinajstić information content (AvgIpc) is 3.30. The van der Waals surface area contributed by atoms with Gasteiger partial charge in [-0.05, 0) is 117 Å². The smallest absolute Gasteiger partial charge is 0.365 e. The summed E-state index contributed by atoms with van der Waals surface area (Å²) in [6.07, 6.45) is 6.11. The quantitative estimate of drug-likeness (QED) is 0.289. The van der Waals surface area contributed by atoms with Crippen molar-refractivity contribution < 1.29 is 33.7 Å². The van der Waals surface area contributed by atoms with Gasteiger partial charge in [-0.2, -0.15) is 0 Å². The Morgan fingerprint density at radius 1 is 0.804 bits per heavy atom. The lowest BCUT2D eigenvalue weighted by atomic mass is 9.55. The van der Waals surface area contributed by atoms with Crippen LogP contribution < -0.4 is 0 Å². The molecule has 1 aromatic carbocycles. The van der Waals surface area contributed by atoms with E-state index in [1.54, 1.807) is 12.1 Å². The molecule has 46 heavy (non-hydrogen) atoms. The maximum Gasteiger partial charge on any atom is 0.365 e. The van der Waals surface area contributed by atoms with E-state index in [0.29, 0.717) is 53.2 Å². The summed E-state index contributed by atoms with van der Waals surface area (Å²) in [5.41, 5.74) is 0.0494. The van der Waals surface area contributed by atoms with Crippen molar-refractivity contribution in [2.45, 2.75) is 129 Å². The van der Waals surface area contributed by atoms with Crippen molar-refractivity contribution >= 4 is 11.7 Å². The summed E-state index contributed by atoms with van der Waals surface area (Å²) in [6, 6.07) is 8.99. The second-order valence-corrected chi connectivity index (χ2v) is 16.3. The molecule has 0 amide bonds. The standard InChI is InChI=1S/C38H53NO7/c1-19-11-14-29-23(5)34-30(39-46-35(40)24-9-7-6-8-10-24)18-32-22(4)27-17-26(31-16-15-28(19)38(29,41)37(44-31)45-34)21(3)25-13-12-20(2)42-36(43-32)33(25)27/h6-10,19-23,25-29,31-34,36-37,41H,11-18H2,1-5H3. The average molecular weight is 636 g/mol. The van der Waals surface area contributed by atoms with Crippen LogP contribution in [-0.2, 0) is 23.8 Å². The number of carbonyl (C=O) groups is 1. The minimum absolute atomic E-state index is 0.00784. The summed E-state index contributed by atoms with van der Waals surface area (Å²) in [6.45, 7) is 11.5. The first-order valence-corrected chi connectivity index (χ1v) is 18.3. The zero-order valence-electron chi connectivity index (χ0n) is 28.1. The maximum absolute atomic E-state index is 13.2. The summed E-state index contributed by atoms with van der Waals surface area (Å²) in [7, 11) is 0. The fourth-order valence-corrected chi connectivity index (χ4v) is 11.6. The van der Waals surface area contributed by atoms with E-state index in [1.807, 2.05) is 18.2 Å². The molecular weight excluding hydrogens is 582 g/mol.